The average molecular weight is 284 g/mol. The molecule has 1 amide bonds. The Balaban J connectivity index is 1.80. The van der Waals surface area contributed by atoms with Crippen LogP contribution < -0.4 is 5.32 Å². The molecule has 2 fully saturated rings. The van der Waals surface area contributed by atoms with Crippen molar-refractivity contribution >= 4 is 11.9 Å². The maximum absolute atomic E-state index is 12.3. The summed E-state index contributed by atoms with van der Waals surface area (Å²) in [7, 11) is 0. The minimum Gasteiger partial charge on any atom is -0.481 e. The van der Waals surface area contributed by atoms with E-state index in [-0.39, 0.29) is 18.4 Å². The van der Waals surface area contributed by atoms with Crippen molar-refractivity contribution in [3.05, 3.63) is 0 Å². The van der Waals surface area contributed by atoms with E-state index in [0.717, 1.165) is 19.4 Å². The van der Waals surface area contributed by atoms with Crippen LogP contribution in [0.2, 0.25) is 0 Å². The first-order valence-electron chi connectivity index (χ1n) is 7.49. The fourth-order valence-corrected chi connectivity index (χ4v) is 2.97. The molecular weight excluding hydrogens is 260 g/mol. The van der Waals surface area contributed by atoms with Gasteiger partial charge in [0.1, 0.15) is 0 Å². The predicted molar refractivity (Wildman–Crippen MR) is 73.4 cm³/mol. The van der Waals surface area contributed by atoms with Gasteiger partial charge in [-0.3, -0.25) is 9.59 Å². The number of carboxylic acid groups (broad SMARTS) is 1. The molecule has 2 aliphatic heterocycles. The maximum Gasteiger partial charge on any atom is 0.305 e. The van der Waals surface area contributed by atoms with Gasteiger partial charge in [0.15, 0.2) is 0 Å². The second kappa shape index (κ2) is 7.59. The van der Waals surface area contributed by atoms with Gasteiger partial charge in [0, 0.05) is 19.0 Å². The molecular formula is C14H24N2O4. The van der Waals surface area contributed by atoms with Gasteiger partial charge in [-0.1, -0.05) is 6.42 Å². The van der Waals surface area contributed by atoms with E-state index in [4.69, 9.17) is 9.84 Å². The number of ether oxygens (including phenoxy) is 1. The zero-order chi connectivity index (χ0) is 14.4. The minimum absolute atomic E-state index is 0.0343. The normalized spacial score (nSPS) is 27.3. The number of carbonyl (C=O) groups is 2. The first kappa shape index (κ1) is 15.3. The van der Waals surface area contributed by atoms with Crippen LogP contribution in [0.15, 0.2) is 0 Å². The number of nitrogens with one attached hydrogen (secondary N) is 1. The molecule has 2 saturated heterocycles. The van der Waals surface area contributed by atoms with E-state index in [1.54, 1.807) is 4.90 Å². The molecule has 0 aliphatic carbocycles. The highest BCUT2D eigenvalue weighted by Gasteiger charge is 2.29. The van der Waals surface area contributed by atoms with Crippen LogP contribution in [-0.4, -0.2) is 60.3 Å². The van der Waals surface area contributed by atoms with Crippen LogP contribution in [0, 0.1) is 0 Å². The molecule has 2 rings (SSSR count). The average Bonchev–Trinajstić information content (AvgIpc) is 2.46. The lowest BCUT2D eigenvalue weighted by atomic mass is 10.00. The molecule has 0 radical (unpaired) electrons. The van der Waals surface area contributed by atoms with E-state index < -0.39 is 5.97 Å². The van der Waals surface area contributed by atoms with Crippen LogP contribution >= 0.6 is 0 Å². The van der Waals surface area contributed by atoms with Crippen LogP contribution in [0.5, 0.6) is 0 Å². The number of morpholine rings is 1. The molecule has 0 saturated carbocycles. The molecule has 114 valence electrons. The second-order valence-electron chi connectivity index (χ2n) is 5.60. The summed E-state index contributed by atoms with van der Waals surface area (Å²) < 4.78 is 5.29. The van der Waals surface area contributed by atoms with Crippen molar-refractivity contribution < 1.29 is 19.4 Å². The fourth-order valence-electron chi connectivity index (χ4n) is 2.97. The molecule has 0 spiro atoms. The highest BCUT2D eigenvalue weighted by Crippen LogP contribution is 2.16. The zero-order valence-electron chi connectivity index (χ0n) is 11.8. The van der Waals surface area contributed by atoms with Gasteiger partial charge in [-0.05, 0) is 25.8 Å². The lowest BCUT2D eigenvalue weighted by molar-refractivity contribution is -0.146. The second-order valence-corrected chi connectivity index (χ2v) is 5.60. The summed E-state index contributed by atoms with van der Waals surface area (Å²) in [6.07, 6.45) is 4.88. The van der Waals surface area contributed by atoms with E-state index in [2.05, 4.69) is 5.32 Å². The van der Waals surface area contributed by atoms with Gasteiger partial charge in [-0.15, -0.1) is 0 Å². The van der Waals surface area contributed by atoms with Crippen molar-refractivity contribution in [3.8, 4) is 0 Å². The summed E-state index contributed by atoms with van der Waals surface area (Å²) >= 11 is 0. The summed E-state index contributed by atoms with van der Waals surface area (Å²) in [5, 5.41) is 12.3. The number of rotatable bonds is 5. The Labute approximate surface area is 119 Å². The SMILES string of the molecule is O=C(O)CC1COCCN1C(=O)CCC1CCCCN1. The van der Waals surface area contributed by atoms with E-state index in [0.29, 0.717) is 32.2 Å². The van der Waals surface area contributed by atoms with E-state index in [9.17, 15) is 9.59 Å². The molecule has 20 heavy (non-hydrogen) atoms. The van der Waals surface area contributed by atoms with Crippen LogP contribution in [0.1, 0.15) is 38.5 Å². The number of hydrogen-bond donors (Lipinski definition) is 2. The lowest BCUT2D eigenvalue weighted by Crippen LogP contribution is -2.49. The number of carboxylic acids is 1. The Morgan fingerprint density at radius 3 is 2.90 bits per heavy atom. The van der Waals surface area contributed by atoms with Crippen molar-refractivity contribution in [1.82, 2.24) is 10.2 Å². The van der Waals surface area contributed by atoms with Crippen LogP contribution in [0.3, 0.4) is 0 Å². The zero-order valence-corrected chi connectivity index (χ0v) is 11.8. The molecule has 6 heteroatoms. The molecule has 0 aromatic rings. The van der Waals surface area contributed by atoms with Crippen molar-refractivity contribution in [1.29, 1.82) is 0 Å². The fraction of sp³-hybridized carbons (Fsp3) is 0.857. The number of aliphatic carboxylic acids is 1. The van der Waals surface area contributed by atoms with E-state index >= 15 is 0 Å². The Morgan fingerprint density at radius 2 is 2.20 bits per heavy atom. The lowest BCUT2D eigenvalue weighted by Gasteiger charge is -2.35. The number of carbonyl (C=O) groups excluding carboxylic acids is 1. The third-order valence-corrected chi connectivity index (χ3v) is 4.08. The van der Waals surface area contributed by atoms with Gasteiger partial charge < -0.3 is 20.1 Å². The van der Waals surface area contributed by atoms with Gasteiger partial charge in [0.05, 0.1) is 25.7 Å². The molecule has 0 aromatic heterocycles. The largest absolute Gasteiger partial charge is 0.481 e. The van der Waals surface area contributed by atoms with E-state index in [1.807, 2.05) is 0 Å². The summed E-state index contributed by atoms with van der Waals surface area (Å²) in [6.45, 7) is 2.39. The number of nitrogens with zero attached hydrogens (tertiary/aromatic N) is 1. The van der Waals surface area contributed by atoms with Gasteiger partial charge in [-0.2, -0.15) is 0 Å². The molecule has 0 aromatic carbocycles. The highest BCUT2D eigenvalue weighted by molar-refractivity contribution is 5.77. The van der Waals surface area contributed by atoms with Crippen molar-refractivity contribution in [2.45, 2.75) is 50.6 Å². The summed E-state index contributed by atoms with van der Waals surface area (Å²) in [5.41, 5.74) is 0. The number of amides is 1. The summed E-state index contributed by atoms with van der Waals surface area (Å²) in [5.74, 6) is -0.820. The van der Waals surface area contributed by atoms with Crippen molar-refractivity contribution in [2.24, 2.45) is 0 Å². The first-order chi connectivity index (χ1) is 9.66. The predicted octanol–water partition coefficient (Wildman–Crippen LogP) is 0.611. The first-order valence-corrected chi connectivity index (χ1v) is 7.49. The van der Waals surface area contributed by atoms with Crippen LogP contribution in [0.25, 0.3) is 0 Å². The van der Waals surface area contributed by atoms with Crippen molar-refractivity contribution in [3.63, 3.8) is 0 Å². The van der Waals surface area contributed by atoms with Gasteiger partial charge in [-0.25, -0.2) is 0 Å². The highest BCUT2D eigenvalue weighted by atomic mass is 16.5. The molecule has 2 heterocycles. The molecule has 2 N–H and O–H groups in total. The van der Waals surface area contributed by atoms with Gasteiger partial charge in [0.2, 0.25) is 5.91 Å². The van der Waals surface area contributed by atoms with E-state index in [1.165, 1.54) is 12.8 Å². The van der Waals surface area contributed by atoms with Crippen LogP contribution in [-0.2, 0) is 14.3 Å². The molecule has 2 aliphatic rings. The number of piperidine rings is 1. The monoisotopic (exact) mass is 284 g/mol. The number of hydrogen-bond acceptors (Lipinski definition) is 4. The van der Waals surface area contributed by atoms with Crippen LogP contribution in [0.4, 0.5) is 0 Å². The summed E-state index contributed by atoms with van der Waals surface area (Å²) in [6, 6.07) is 0.125. The third-order valence-electron chi connectivity index (χ3n) is 4.08. The third kappa shape index (κ3) is 4.45. The van der Waals surface area contributed by atoms with Gasteiger partial charge in [0.25, 0.3) is 0 Å². The smallest absolute Gasteiger partial charge is 0.305 e. The molecule has 2 atom stereocenters. The molecule has 6 nitrogen and oxygen atoms in total. The van der Waals surface area contributed by atoms with Gasteiger partial charge >= 0.3 is 5.97 Å². The Bertz CT molecular complexity index is 342. The van der Waals surface area contributed by atoms with Crippen molar-refractivity contribution in [2.75, 3.05) is 26.3 Å². The topological polar surface area (TPSA) is 78.9 Å². The summed E-state index contributed by atoms with van der Waals surface area (Å²) in [4.78, 5) is 24.8. The Morgan fingerprint density at radius 1 is 1.35 bits per heavy atom. The molecule has 0 bridgehead atoms. The maximum atomic E-state index is 12.3. The molecule has 2 unspecified atom stereocenters. The Hall–Kier alpha value is -1.14. The Kier molecular flexibility index (Phi) is 5.79. The standard InChI is InChI=1S/C14H24N2O4/c17-13(5-4-11-3-1-2-6-15-11)16-7-8-20-10-12(16)9-14(18)19/h11-12,15H,1-10H2,(H,18,19). The quantitative estimate of drug-likeness (QED) is 0.773. The minimum atomic E-state index is -0.882.